The number of aromatic hydroxyl groups is 2. The van der Waals surface area contributed by atoms with E-state index in [1.165, 1.54) is 32.9 Å². The van der Waals surface area contributed by atoms with E-state index < -0.39 is 0 Å². The molecule has 0 spiro atoms. The first kappa shape index (κ1) is 16.6. The van der Waals surface area contributed by atoms with Crippen LogP contribution in [0, 0.1) is 0 Å². The number of rotatable bonds is 2. The number of thiophene rings is 1. The Labute approximate surface area is 146 Å². The van der Waals surface area contributed by atoms with Crippen LogP contribution in [0.1, 0.15) is 52.1 Å². The summed E-state index contributed by atoms with van der Waals surface area (Å²) in [5, 5.41) is 23.4. The van der Waals surface area contributed by atoms with Crippen LogP contribution in [0.3, 0.4) is 0 Å². The van der Waals surface area contributed by atoms with Crippen molar-refractivity contribution in [2.24, 2.45) is 0 Å². The lowest BCUT2D eigenvalue weighted by Gasteiger charge is -2.38. The van der Waals surface area contributed by atoms with Crippen LogP contribution in [0.15, 0.2) is 18.2 Å². The normalized spacial score (nSPS) is 21.8. The SMILES string of the molecule is CCCc1cc2c(s1)CN[C@H]1CCc3cc(O)c(O)cc3[C@H]21.Cl. The van der Waals surface area contributed by atoms with E-state index in [4.69, 9.17) is 0 Å². The van der Waals surface area contributed by atoms with Gasteiger partial charge in [-0.25, -0.2) is 0 Å². The van der Waals surface area contributed by atoms with E-state index in [0.29, 0.717) is 12.0 Å². The molecule has 2 aliphatic rings. The second-order valence-corrected chi connectivity index (χ2v) is 7.61. The maximum atomic E-state index is 9.94. The molecule has 3 N–H and O–H groups in total. The third-order valence-electron chi connectivity index (χ3n) is 4.95. The number of hydrogen-bond acceptors (Lipinski definition) is 4. The molecule has 2 aromatic rings. The second kappa shape index (κ2) is 6.34. The van der Waals surface area contributed by atoms with Gasteiger partial charge in [0.05, 0.1) is 0 Å². The molecule has 0 radical (unpaired) electrons. The number of fused-ring (bicyclic) bond motifs is 5. The number of nitrogens with one attached hydrogen (secondary N) is 1. The first-order chi connectivity index (χ1) is 10.7. The summed E-state index contributed by atoms with van der Waals surface area (Å²) in [7, 11) is 0. The van der Waals surface area contributed by atoms with Gasteiger partial charge < -0.3 is 15.5 Å². The average Bonchev–Trinajstić information content (AvgIpc) is 2.91. The summed E-state index contributed by atoms with van der Waals surface area (Å²) in [6, 6.07) is 6.33. The smallest absolute Gasteiger partial charge is 0.157 e. The minimum atomic E-state index is -0.00413. The zero-order chi connectivity index (χ0) is 15.3. The van der Waals surface area contributed by atoms with Gasteiger partial charge in [-0.2, -0.15) is 0 Å². The van der Waals surface area contributed by atoms with Gasteiger partial charge in [0, 0.05) is 28.3 Å². The van der Waals surface area contributed by atoms with Crippen LogP contribution in [0.2, 0.25) is 0 Å². The summed E-state index contributed by atoms with van der Waals surface area (Å²) < 4.78 is 0. The molecule has 0 fully saturated rings. The summed E-state index contributed by atoms with van der Waals surface area (Å²) in [6.45, 7) is 3.18. The Morgan fingerprint density at radius 3 is 2.74 bits per heavy atom. The number of hydrogen-bond donors (Lipinski definition) is 3. The van der Waals surface area contributed by atoms with Crippen molar-refractivity contribution >= 4 is 23.7 Å². The molecule has 1 aliphatic carbocycles. The van der Waals surface area contributed by atoms with Gasteiger partial charge in [-0.15, -0.1) is 23.7 Å². The van der Waals surface area contributed by atoms with Gasteiger partial charge in [-0.1, -0.05) is 13.3 Å². The zero-order valence-electron chi connectivity index (χ0n) is 13.1. The second-order valence-electron chi connectivity index (χ2n) is 6.38. The Bertz CT molecular complexity index is 728. The standard InChI is InChI=1S/C18H21NO2S.ClH/c1-2-3-11-7-13-17(22-11)9-19-14-5-4-10-6-15(20)16(21)8-12(10)18(13)14;/h6-8,14,18-21H,2-5,9H2,1H3;1H/t14-,18+;/m0./s1. The van der Waals surface area contributed by atoms with Gasteiger partial charge in [-0.05, 0) is 54.2 Å². The molecule has 2 heterocycles. The number of benzene rings is 1. The van der Waals surface area contributed by atoms with E-state index in [9.17, 15) is 10.2 Å². The van der Waals surface area contributed by atoms with Crippen molar-refractivity contribution in [1.82, 2.24) is 5.32 Å². The molecule has 1 aromatic carbocycles. The average molecular weight is 352 g/mol. The molecule has 0 unspecified atom stereocenters. The predicted molar refractivity (Wildman–Crippen MR) is 96.1 cm³/mol. The molecule has 5 heteroatoms. The molecule has 124 valence electrons. The third-order valence-corrected chi connectivity index (χ3v) is 6.16. The molecule has 3 nitrogen and oxygen atoms in total. The summed E-state index contributed by atoms with van der Waals surface area (Å²) in [4.78, 5) is 2.90. The van der Waals surface area contributed by atoms with Crippen molar-refractivity contribution < 1.29 is 10.2 Å². The summed E-state index contributed by atoms with van der Waals surface area (Å²) in [5.41, 5.74) is 3.79. The molecule has 0 bridgehead atoms. The summed E-state index contributed by atoms with van der Waals surface area (Å²) in [5.74, 6) is 0.301. The number of halogens is 1. The first-order valence-corrected chi connectivity index (χ1v) is 8.88. The van der Waals surface area contributed by atoms with Crippen LogP contribution in [-0.4, -0.2) is 16.3 Å². The first-order valence-electron chi connectivity index (χ1n) is 8.07. The van der Waals surface area contributed by atoms with Crippen molar-refractivity contribution in [2.45, 2.75) is 51.1 Å². The molecule has 1 aromatic heterocycles. The van der Waals surface area contributed by atoms with E-state index in [1.54, 1.807) is 12.1 Å². The van der Waals surface area contributed by atoms with Crippen LogP contribution in [-0.2, 0) is 19.4 Å². The van der Waals surface area contributed by atoms with Gasteiger partial charge in [0.25, 0.3) is 0 Å². The van der Waals surface area contributed by atoms with Gasteiger partial charge in [0.1, 0.15) is 0 Å². The van der Waals surface area contributed by atoms with Crippen molar-refractivity contribution in [1.29, 1.82) is 0 Å². The van der Waals surface area contributed by atoms with Crippen LogP contribution < -0.4 is 5.32 Å². The monoisotopic (exact) mass is 351 g/mol. The highest BCUT2D eigenvalue weighted by Gasteiger charge is 2.36. The Morgan fingerprint density at radius 1 is 1.17 bits per heavy atom. The van der Waals surface area contributed by atoms with E-state index in [1.807, 2.05) is 11.3 Å². The van der Waals surface area contributed by atoms with Crippen molar-refractivity contribution in [3.8, 4) is 11.5 Å². The molecule has 2 atom stereocenters. The van der Waals surface area contributed by atoms with Crippen LogP contribution in [0.4, 0.5) is 0 Å². The van der Waals surface area contributed by atoms with E-state index in [2.05, 4.69) is 18.3 Å². The molecule has 4 rings (SSSR count). The maximum absolute atomic E-state index is 9.94. The van der Waals surface area contributed by atoms with Crippen molar-refractivity contribution in [3.63, 3.8) is 0 Å². The highest BCUT2D eigenvalue weighted by Crippen LogP contribution is 2.46. The van der Waals surface area contributed by atoms with E-state index in [0.717, 1.165) is 25.8 Å². The highest BCUT2D eigenvalue weighted by molar-refractivity contribution is 7.12. The minimum Gasteiger partial charge on any atom is -0.504 e. The highest BCUT2D eigenvalue weighted by atomic mass is 35.5. The Morgan fingerprint density at radius 2 is 1.96 bits per heavy atom. The fraction of sp³-hybridized carbons (Fsp3) is 0.444. The molecule has 1 aliphatic heterocycles. The number of phenols is 2. The van der Waals surface area contributed by atoms with Crippen molar-refractivity contribution in [2.75, 3.05) is 0 Å². The molecule has 0 amide bonds. The lowest BCUT2D eigenvalue weighted by Crippen LogP contribution is -2.41. The fourth-order valence-electron chi connectivity index (χ4n) is 3.94. The number of phenolic OH excluding ortho intramolecular Hbond substituents is 2. The Kier molecular flexibility index (Phi) is 4.59. The lowest BCUT2D eigenvalue weighted by molar-refractivity contribution is 0.382. The third kappa shape index (κ3) is 2.73. The molecular formula is C18H22ClNO2S. The molecular weight excluding hydrogens is 330 g/mol. The summed E-state index contributed by atoms with van der Waals surface area (Å²) in [6.07, 6.45) is 4.35. The zero-order valence-corrected chi connectivity index (χ0v) is 14.8. The van der Waals surface area contributed by atoms with E-state index >= 15 is 0 Å². The lowest BCUT2D eigenvalue weighted by atomic mass is 9.74. The maximum Gasteiger partial charge on any atom is 0.157 e. The van der Waals surface area contributed by atoms with Crippen LogP contribution >= 0.6 is 23.7 Å². The molecule has 0 saturated heterocycles. The van der Waals surface area contributed by atoms with Crippen LogP contribution in [0.25, 0.3) is 0 Å². The van der Waals surface area contributed by atoms with Gasteiger partial charge in [0.2, 0.25) is 0 Å². The van der Waals surface area contributed by atoms with Gasteiger partial charge in [0.15, 0.2) is 11.5 Å². The topological polar surface area (TPSA) is 52.5 Å². The summed E-state index contributed by atoms with van der Waals surface area (Å²) >= 11 is 1.92. The van der Waals surface area contributed by atoms with Gasteiger partial charge >= 0.3 is 0 Å². The van der Waals surface area contributed by atoms with Gasteiger partial charge in [-0.3, -0.25) is 0 Å². The molecule has 0 saturated carbocycles. The largest absolute Gasteiger partial charge is 0.504 e. The van der Waals surface area contributed by atoms with Crippen molar-refractivity contribution in [3.05, 3.63) is 44.6 Å². The quantitative estimate of drug-likeness (QED) is 0.714. The van der Waals surface area contributed by atoms with E-state index in [-0.39, 0.29) is 23.9 Å². The molecule has 23 heavy (non-hydrogen) atoms. The minimum absolute atomic E-state index is 0. The Hall–Kier alpha value is -1.23. The number of aryl methyl sites for hydroxylation is 2. The predicted octanol–water partition coefficient (Wildman–Crippen LogP) is 4.08. The van der Waals surface area contributed by atoms with Crippen LogP contribution in [0.5, 0.6) is 11.5 Å². The Balaban J connectivity index is 0.00000156. The fourth-order valence-corrected chi connectivity index (χ4v) is 5.20.